The molecule has 0 spiro atoms. The number of nitrogen functional groups attached to an aromatic ring is 1. The fraction of sp³-hybridized carbons (Fsp3) is 0. The lowest BCUT2D eigenvalue weighted by Crippen LogP contribution is -1.82. The van der Waals surface area contributed by atoms with Crippen LogP contribution in [0.2, 0.25) is 0 Å². The molecule has 18 heavy (non-hydrogen) atoms. The highest BCUT2D eigenvalue weighted by molar-refractivity contribution is 5.67. The minimum Gasteiger partial charge on any atom is -0.399 e. The molecule has 0 amide bonds. The molecule has 1 heterocycles. The Kier molecular flexibility index (Phi) is 2.57. The summed E-state index contributed by atoms with van der Waals surface area (Å²) in [6.45, 7) is 0. The van der Waals surface area contributed by atoms with Crippen LogP contribution in [-0.2, 0) is 0 Å². The number of hydrogen-bond donors (Lipinski definition) is 1. The van der Waals surface area contributed by atoms with Crippen LogP contribution in [0.3, 0.4) is 0 Å². The lowest BCUT2D eigenvalue weighted by Gasteiger charge is -1.95. The summed E-state index contributed by atoms with van der Waals surface area (Å²) in [6, 6.07) is 19.4. The minimum absolute atomic E-state index is 0.738. The second kappa shape index (κ2) is 4.37. The molecule has 88 valence electrons. The smallest absolute Gasteiger partial charge is 0.167 e. The maximum Gasteiger partial charge on any atom is 0.167 e. The zero-order valence-electron chi connectivity index (χ0n) is 9.71. The van der Waals surface area contributed by atoms with E-state index in [9.17, 15) is 0 Å². The van der Waals surface area contributed by atoms with Crippen LogP contribution in [0.5, 0.6) is 0 Å². The normalized spacial score (nSPS) is 10.4. The minimum atomic E-state index is 0.738. The summed E-state index contributed by atoms with van der Waals surface area (Å²) in [4.78, 5) is 0. The molecular weight excluding hydrogens is 224 g/mol. The molecule has 3 aromatic rings. The van der Waals surface area contributed by atoms with Crippen molar-refractivity contribution in [3.63, 3.8) is 0 Å². The Morgan fingerprint density at radius 3 is 2.28 bits per heavy atom. The molecule has 0 aliphatic rings. The monoisotopic (exact) mass is 236 g/mol. The van der Waals surface area contributed by atoms with E-state index in [-0.39, 0.29) is 0 Å². The van der Waals surface area contributed by atoms with Gasteiger partial charge in [0, 0.05) is 22.9 Å². The average Bonchev–Trinajstić information content (AvgIpc) is 2.90. The van der Waals surface area contributed by atoms with Gasteiger partial charge in [-0.25, -0.2) is 0 Å². The Labute approximate surface area is 105 Å². The molecule has 0 radical (unpaired) electrons. The van der Waals surface area contributed by atoms with Crippen LogP contribution in [0.1, 0.15) is 0 Å². The molecule has 0 unspecified atom stereocenters. The second-order valence-corrected chi connectivity index (χ2v) is 4.06. The SMILES string of the molecule is Nc1ccc(-c2cc(-c3ccccc3)no2)cc1. The van der Waals surface area contributed by atoms with Gasteiger partial charge in [-0.1, -0.05) is 35.5 Å². The summed E-state index contributed by atoms with van der Waals surface area (Å²) in [5, 5.41) is 4.08. The van der Waals surface area contributed by atoms with Crippen molar-refractivity contribution in [2.75, 3.05) is 5.73 Å². The van der Waals surface area contributed by atoms with E-state index in [1.807, 2.05) is 60.7 Å². The quantitative estimate of drug-likeness (QED) is 0.692. The van der Waals surface area contributed by atoms with Gasteiger partial charge < -0.3 is 10.3 Å². The largest absolute Gasteiger partial charge is 0.399 e. The molecule has 0 fully saturated rings. The first-order valence-electron chi connectivity index (χ1n) is 5.71. The third-order valence-electron chi connectivity index (χ3n) is 2.77. The Morgan fingerprint density at radius 2 is 1.56 bits per heavy atom. The van der Waals surface area contributed by atoms with E-state index < -0.39 is 0 Å². The molecule has 2 aromatic carbocycles. The van der Waals surface area contributed by atoms with E-state index in [2.05, 4.69) is 5.16 Å². The summed E-state index contributed by atoms with van der Waals surface area (Å²) >= 11 is 0. The van der Waals surface area contributed by atoms with Crippen LogP contribution in [-0.4, -0.2) is 5.16 Å². The van der Waals surface area contributed by atoms with Gasteiger partial charge in [0.05, 0.1) is 0 Å². The lowest BCUT2D eigenvalue weighted by atomic mass is 10.1. The van der Waals surface area contributed by atoms with Gasteiger partial charge in [-0.05, 0) is 24.3 Å². The molecule has 3 rings (SSSR count). The fourth-order valence-corrected chi connectivity index (χ4v) is 1.80. The topological polar surface area (TPSA) is 52.0 Å². The predicted molar refractivity (Wildman–Crippen MR) is 71.8 cm³/mol. The summed E-state index contributed by atoms with van der Waals surface area (Å²) in [7, 11) is 0. The lowest BCUT2D eigenvalue weighted by molar-refractivity contribution is 0.435. The predicted octanol–water partition coefficient (Wildman–Crippen LogP) is 3.59. The highest BCUT2D eigenvalue weighted by Crippen LogP contribution is 2.26. The molecule has 2 N–H and O–H groups in total. The van der Waals surface area contributed by atoms with Crippen molar-refractivity contribution in [1.29, 1.82) is 0 Å². The molecule has 0 saturated heterocycles. The van der Waals surface area contributed by atoms with Crippen LogP contribution >= 0.6 is 0 Å². The van der Waals surface area contributed by atoms with Crippen LogP contribution in [0.4, 0.5) is 5.69 Å². The zero-order chi connectivity index (χ0) is 12.4. The number of rotatable bonds is 2. The van der Waals surface area contributed by atoms with Gasteiger partial charge in [-0.15, -0.1) is 0 Å². The first-order chi connectivity index (χ1) is 8.83. The Morgan fingerprint density at radius 1 is 0.833 bits per heavy atom. The van der Waals surface area contributed by atoms with Crippen LogP contribution in [0.15, 0.2) is 65.2 Å². The van der Waals surface area contributed by atoms with Gasteiger partial charge in [-0.3, -0.25) is 0 Å². The van der Waals surface area contributed by atoms with E-state index in [0.717, 1.165) is 28.3 Å². The first-order valence-corrected chi connectivity index (χ1v) is 5.71. The van der Waals surface area contributed by atoms with Crippen molar-refractivity contribution in [2.24, 2.45) is 0 Å². The molecule has 0 aliphatic carbocycles. The fourth-order valence-electron chi connectivity index (χ4n) is 1.80. The molecule has 1 aromatic heterocycles. The average molecular weight is 236 g/mol. The van der Waals surface area contributed by atoms with E-state index in [1.54, 1.807) is 0 Å². The van der Waals surface area contributed by atoms with Crippen LogP contribution < -0.4 is 5.73 Å². The standard InChI is InChI=1S/C15H12N2O/c16-13-8-6-12(7-9-13)15-10-14(17-18-15)11-4-2-1-3-5-11/h1-10H,16H2. The Hall–Kier alpha value is -2.55. The number of nitrogens with two attached hydrogens (primary N) is 1. The van der Waals surface area contributed by atoms with Crippen LogP contribution in [0, 0.1) is 0 Å². The molecule has 3 nitrogen and oxygen atoms in total. The number of benzene rings is 2. The Bertz CT molecular complexity index is 642. The van der Waals surface area contributed by atoms with Gasteiger partial charge in [0.2, 0.25) is 0 Å². The highest BCUT2D eigenvalue weighted by atomic mass is 16.5. The third kappa shape index (κ3) is 1.98. The number of nitrogens with zero attached hydrogens (tertiary/aromatic N) is 1. The van der Waals surface area contributed by atoms with E-state index >= 15 is 0 Å². The Balaban J connectivity index is 1.97. The van der Waals surface area contributed by atoms with Crippen molar-refractivity contribution in [3.8, 4) is 22.6 Å². The van der Waals surface area contributed by atoms with Crippen molar-refractivity contribution >= 4 is 5.69 Å². The van der Waals surface area contributed by atoms with Gasteiger partial charge in [0.25, 0.3) is 0 Å². The van der Waals surface area contributed by atoms with E-state index in [1.165, 1.54) is 0 Å². The molecule has 3 heteroatoms. The second-order valence-electron chi connectivity index (χ2n) is 4.06. The summed E-state index contributed by atoms with van der Waals surface area (Å²) in [5.41, 5.74) is 9.24. The highest BCUT2D eigenvalue weighted by Gasteiger charge is 2.07. The van der Waals surface area contributed by atoms with E-state index in [4.69, 9.17) is 10.3 Å². The maximum absolute atomic E-state index is 5.65. The van der Waals surface area contributed by atoms with Gasteiger partial charge in [-0.2, -0.15) is 0 Å². The first kappa shape index (κ1) is 10.6. The molecule has 0 saturated carbocycles. The van der Waals surface area contributed by atoms with E-state index in [0.29, 0.717) is 0 Å². The summed E-state index contributed by atoms with van der Waals surface area (Å²) in [6.07, 6.45) is 0. The third-order valence-corrected chi connectivity index (χ3v) is 2.77. The van der Waals surface area contributed by atoms with Crippen molar-refractivity contribution in [1.82, 2.24) is 5.16 Å². The molecule has 0 atom stereocenters. The number of aromatic nitrogens is 1. The molecular formula is C15H12N2O. The zero-order valence-corrected chi connectivity index (χ0v) is 9.71. The summed E-state index contributed by atoms with van der Waals surface area (Å²) < 4.78 is 5.35. The van der Waals surface area contributed by atoms with Crippen LogP contribution in [0.25, 0.3) is 22.6 Å². The number of hydrogen-bond acceptors (Lipinski definition) is 3. The van der Waals surface area contributed by atoms with Gasteiger partial charge in [0.15, 0.2) is 5.76 Å². The van der Waals surface area contributed by atoms with Crippen molar-refractivity contribution in [2.45, 2.75) is 0 Å². The van der Waals surface area contributed by atoms with Gasteiger partial charge >= 0.3 is 0 Å². The maximum atomic E-state index is 5.65. The molecule has 0 bridgehead atoms. The van der Waals surface area contributed by atoms with Crippen molar-refractivity contribution in [3.05, 3.63) is 60.7 Å². The number of anilines is 1. The van der Waals surface area contributed by atoms with Crippen molar-refractivity contribution < 1.29 is 4.52 Å². The molecule has 0 aliphatic heterocycles. The summed E-state index contributed by atoms with van der Waals surface area (Å²) in [5.74, 6) is 0.744. The van der Waals surface area contributed by atoms with Gasteiger partial charge in [0.1, 0.15) is 5.69 Å².